The van der Waals surface area contributed by atoms with E-state index < -0.39 is 0 Å². The van der Waals surface area contributed by atoms with Crippen LogP contribution in [0.25, 0.3) is 0 Å². The predicted molar refractivity (Wildman–Crippen MR) is 92.3 cm³/mol. The lowest BCUT2D eigenvalue weighted by molar-refractivity contribution is -0.128. The summed E-state index contributed by atoms with van der Waals surface area (Å²) in [4.78, 5) is 18.8. The second-order valence-corrected chi connectivity index (χ2v) is 7.24. The van der Waals surface area contributed by atoms with Crippen molar-refractivity contribution in [2.75, 3.05) is 11.9 Å². The van der Waals surface area contributed by atoms with Gasteiger partial charge in [0, 0.05) is 31.0 Å². The number of hydrogen-bond donors (Lipinski definition) is 1. The molecule has 0 aliphatic carbocycles. The number of benzene rings is 1. The van der Waals surface area contributed by atoms with Gasteiger partial charge in [0.15, 0.2) is 0 Å². The number of carbonyl (C=O) groups excluding carboxylic acids is 1. The second-order valence-electron chi connectivity index (χ2n) is 6.49. The first-order valence-corrected chi connectivity index (χ1v) is 8.91. The van der Waals surface area contributed by atoms with Crippen LogP contribution in [-0.2, 0) is 17.8 Å². The molecule has 0 saturated carbocycles. The Balaban J connectivity index is 1.57. The summed E-state index contributed by atoms with van der Waals surface area (Å²) in [7, 11) is 0. The van der Waals surface area contributed by atoms with E-state index in [-0.39, 0.29) is 17.8 Å². The van der Waals surface area contributed by atoms with Gasteiger partial charge in [-0.3, -0.25) is 4.79 Å². The number of rotatable bonds is 6. The second kappa shape index (κ2) is 7.25. The molecule has 3 rings (SSSR count). The normalized spacial score (nSPS) is 17.8. The fourth-order valence-corrected chi connectivity index (χ4v) is 3.40. The highest BCUT2D eigenvalue weighted by atomic mass is 32.1. The molecule has 1 fully saturated rings. The molecule has 24 heavy (non-hydrogen) atoms. The van der Waals surface area contributed by atoms with Crippen molar-refractivity contribution in [3.05, 3.63) is 41.5 Å². The van der Waals surface area contributed by atoms with E-state index in [0.29, 0.717) is 24.1 Å². The third kappa shape index (κ3) is 4.08. The van der Waals surface area contributed by atoms with E-state index in [2.05, 4.69) is 28.5 Å². The summed E-state index contributed by atoms with van der Waals surface area (Å²) in [5, 5.41) is 3.90. The van der Waals surface area contributed by atoms with E-state index in [9.17, 15) is 9.18 Å². The smallest absolute Gasteiger partial charge is 0.245 e. The third-order valence-corrected chi connectivity index (χ3v) is 4.62. The molecule has 2 aromatic rings. The molecule has 0 bridgehead atoms. The van der Waals surface area contributed by atoms with Crippen LogP contribution in [0, 0.1) is 11.7 Å². The number of anilines is 1. The van der Waals surface area contributed by atoms with E-state index in [1.807, 2.05) is 0 Å². The average Bonchev–Trinajstić information content (AvgIpc) is 3.10. The van der Waals surface area contributed by atoms with Gasteiger partial charge in [0.1, 0.15) is 17.7 Å². The predicted octanol–water partition coefficient (Wildman–Crippen LogP) is 3.09. The van der Waals surface area contributed by atoms with Gasteiger partial charge in [-0.1, -0.05) is 26.0 Å². The van der Waals surface area contributed by atoms with Crippen molar-refractivity contribution in [3.8, 4) is 0 Å². The monoisotopic (exact) mass is 348 g/mol. The Morgan fingerprint density at radius 3 is 2.83 bits per heavy atom. The van der Waals surface area contributed by atoms with Crippen LogP contribution < -0.4 is 5.32 Å². The Labute approximate surface area is 145 Å². The highest BCUT2D eigenvalue weighted by Gasteiger charge is 2.32. The lowest BCUT2D eigenvalue weighted by atomic mass is 10.1. The van der Waals surface area contributed by atoms with Crippen molar-refractivity contribution in [2.45, 2.75) is 39.3 Å². The molecular formula is C17H21FN4OS. The molecule has 128 valence electrons. The number of halogens is 1. The minimum absolute atomic E-state index is 0.0555. The van der Waals surface area contributed by atoms with E-state index in [0.717, 1.165) is 24.2 Å². The maximum atomic E-state index is 13.0. The number of hydrogen-bond acceptors (Lipinski definition) is 5. The highest BCUT2D eigenvalue weighted by Crippen LogP contribution is 2.21. The molecule has 1 amide bonds. The van der Waals surface area contributed by atoms with Gasteiger partial charge in [-0.2, -0.15) is 4.37 Å². The first-order valence-electron chi connectivity index (χ1n) is 8.13. The van der Waals surface area contributed by atoms with Gasteiger partial charge in [-0.25, -0.2) is 9.37 Å². The number of aromatic nitrogens is 2. The van der Waals surface area contributed by atoms with Gasteiger partial charge in [0.25, 0.3) is 0 Å². The molecule has 2 heterocycles. The fraction of sp³-hybridized carbons (Fsp3) is 0.471. The van der Waals surface area contributed by atoms with Crippen LogP contribution in [0.4, 0.5) is 9.52 Å². The average molecular weight is 348 g/mol. The molecule has 1 aliphatic heterocycles. The van der Waals surface area contributed by atoms with Gasteiger partial charge >= 0.3 is 0 Å². The molecule has 1 aromatic heterocycles. The lowest BCUT2D eigenvalue weighted by Crippen LogP contribution is -2.33. The number of likely N-dealkylation sites (tertiary alicyclic amines) is 1. The molecule has 1 N–H and O–H groups in total. The van der Waals surface area contributed by atoms with E-state index in [1.165, 1.54) is 23.7 Å². The van der Waals surface area contributed by atoms with Gasteiger partial charge < -0.3 is 10.2 Å². The van der Waals surface area contributed by atoms with E-state index in [1.54, 1.807) is 17.0 Å². The number of amides is 1. The summed E-state index contributed by atoms with van der Waals surface area (Å²) in [6.07, 6.45) is 1.58. The zero-order valence-corrected chi connectivity index (χ0v) is 14.6. The van der Waals surface area contributed by atoms with Crippen LogP contribution >= 0.6 is 11.5 Å². The Hall–Kier alpha value is -2.02. The molecule has 1 aromatic carbocycles. The molecular weight excluding hydrogens is 327 g/mol. The Morgan fingerprint density at radius 2 is 2.12 bits per heavy atom. The van der Waals surface area contributed by atoms with Crippen LogP contribution in [0.15, 0.2) is 24.3 Å². The zero-order valence-electron chi connectivity index (χ0n) is 13.8. The summed E-state index contributed by atoms with van der Waals surface area (Å²) in [6, 6.07) is 6.01. The van der Waals surface area contributed by atoms with Crippen LogP contribution in [-0.4, -0.2) is 32.8 Å². The van der Waals surface area contributed by atoms with Gasteiger partial charge in [0.2, 0.25) is 11.0 Å². The van der Waals surface area contributed by atoms with Crippen LogP contribution in [0.2, 0.25) is 0 Å². The van der Waals surface area contributed by atoms with Crippen molar-refractivity contribution in [1.29, 1.82) is 0 Å². The Morgan fingerprint density at radius 1 is 1.38 bits per heavy atom. The van der Waals surface area contributed by atoms with Crippen LogP contribution in [0.5, 0.6) is 0 Å². The van der Waals surface area contributed by atoms with Crippen molar-refractivity contribution in [1.82, 2.24) is 14.3 Å². The fourth-order valence-electron chi connectivity index (χ4n) is 2.75. The maximum absolute atomic E-state index is 13.0. The molecule has 5 nitrogen and oxygen atoms in total. The topological polar surface area (TPSA) is 58.1 Å². The molecule has 7 heteroatoms. The SMILES string of the molecule is CC(C)Cc1nsc(NC2CCN(Cc3ccc(F)cc3)C2=O)n1. The van der Waals surface area contributed by atoms with E-state index in [4.69, 9.17) is 0 Å². The summed E-state index contributed by atoms with van der Waals surface area (Å²) in [5.41, 5.74) is 0.931. The van der Waals surface area contributed by atoms with Crippen molar-refractivity contribution in [3.63, 3.8) is 0 Å². The first-order chi connectivity index (χ1) is 11.5. The summed E-state index contributed by atoms with van der Waals surface area (Å²) in [5.74, 6) is 1.12. The lowest BCUT2D eigenvalue weighted by Gasteiger charge is -2.17. The summed E-state index contributed by atoms with van der Waals surface area (Å²) in [6.45, 7) is 5.45. The molecule has 0 spiro atoms. The van der Waals surface area contributed by atoms with Gasteiger partial charge in [-0.15, -0.1) is 0 Å². The third-order valence-electron chi connectivity index (χ3n) is 3.94. The minimum atomic E-state index is -0.264. The summed E-state index contributed by atoms with van der Waals surface area (Å²) >= 11 is 1.30. The largest absolute Gasteiger partial charge is 0.348 e. The van der Waals surface area contributed by atoms with Crippen LogP contribution in [0.1, 0.15) is 31.7 Å². The van der Waals surface area contributed by atoms with Crippen molar-refractivity contribution >= 4 is 22.6 Å². The minimum Gasteiger partial charge on any atom is -0.348 e. The Bertz CT molecular complexity index is 701. The Kier molecular flexibility index (Phi) is 5.08. The van der Waals surface area contributed by atoms with Gasteiger partial charge in [0.05, 0.1) is 0 Å². The number of carbonyl (C=O) groups is 1. The quantitative estimate of drug-likeness (QED) is 0.871. The van der Waals surface area contributed by atoms with Crippen LogP contribution in [0.3, 0.4) is 0 Å². The molecule has 0 radical (unpaired) electrons. The number of nitrogens with zero attached hydrogens (tertiary/aromatic N) is 3. The van der Waals surface area contributed by atoms with E-state index >= 15 is 0 Å². The number of nitrogens with one attached hydrogen (secondary N) is 1. The highest BCUT2D eigenvalue weighted by molar-refractivity contribution is 7.09. The molecule has 1 saturated heterocycles. The van der Waals surface area contributed by atoms with Crippen molar-refractivity contribution < 1.29 is 9.18 Å². The maximum Gasteiger partial charge on any atom is 0.245 e. The first kappa shape index (κ1) is 16.8. The molecule has 1 unspecified atom stereocenters. The summed E-state index contributed by atoms with van der Waals surface area (Å²) < 4.78 is 17.3. The molecule has 1 aliphatic rings. The zero-order chi connectivity index (χ0) is 17.1. The van der Waals surface area contributed by atoms with Gasteiger partial charge in [-0.05, 0) is 30.0 Å². The van der Waals surface area contributed by atoms with Crippen molar-refractivity contribution in [2.24, 2.45) is 5.92 Å². The molecule has 1 atom stereocenters. The standard InChI is InChI=1S/C17H21FN4OS/c1-11(2)9-15-20-17(24-21-15)19-14-7-8-22(16(14)23)10-12-3-5-13(18)6-4-12/h3-6,11,14H,7-10H2,1-2H3,(H,19,20,21).